The van der Waals surface area contributed by atoms with Gasteiger partial charge < -0.3 is 4.90 Å². The highest BCUT2D eigenvalue weighted by Gasteiger charge is 2.22. The number of fused-ring (bicyclic) bond motifs is 1. The lowest BCUT2D eigenvalue weighted by Gasteiger charge is -2.16. The van der Waals surface area contributed by atoms with Crippen LogP contribution in [0.25, 0.3) is 10.8 Å². The van der Waals surface area contributed by atoms with Crippen LogP contribution in [0.1, 0.15) is 6.42 Å². The maximum Gasteiger partial charge on any atom is 0.159 e. The van der Waals surface area contributed by atoms with Crippen LogP contribution in [0.15, 0.2) is 30.5 Å². The molecule has 0 N–H and O–H groups in total. The lowest BCUT2D eigenvalue weighted by atomic mass is 10.2. The molecule has 1 aromatic carbocycles. The molecule has 16 heavy (non-hydrogen) atoms. The van der Waals surface area contributed by atoms with Gasteiger partial charge in [-0.2, -0.15) is 5.10 Å². The summed E-state index contributed by atoms with van der Waals surface area (Å²) in [6.07, 6.45) is 2.36. The molecule has 0 atom stereocenters. The zero-order valence-corrected chi connectivity index (χ0v) is 8.76. The summed E-state index contributed by atoms with van der Waals surface area (Å²) in [6, 6.07) is 7.97. The van der Waals surface area contributed by atoms with Crippen LogP contribution in [0, 0.1) is 0 Å². The molecule has 0 amide bonds. The second-order valence-electron chi connectivity index (χ2n) is 3.97. The quantitative estimate of drug-likeness (QED) is 0.718. The van der Waals surface area contributed by atoms with Gasteiger partial charge in [0.15, 0.2) is 11.6 Å². The molecule has 0 bridgehead atoms. The summed E-state index contributed by atoms with van der Waals surface area (Å²) in [5, 5.41) is 10.3. The van der Waals surface area contributed by atoms with E-state index in [0.29, 0.717) is 13.0 Å². The topological polar surface area (TPSA) is 46.1 Å². The summed E-state index contributed by atoms with van der Waals surface area (Å²) in [7, 11) is 0. The van der Waals surface area contributed by atoms with Gasteiger partial charge in [0.2, 0.25) is 0 Å². The van der Waals surface area contributed by atoms with E-state index in [2.05, 4.69) is 10.2 Å². The highest BCUT2D eigenvalue weighted by molar-refractivity contribution is 5.95. The molecule has 2 heterocycles. The Morgan fingerprint density at radius 3 is 2.94 bits per heavy atom. The highest BCUT2D eigenvalue weighted by atomic mass is 16.1. The molecule has 0 radical (unpaired) electrons. The third-order valence-electron chi connectivity index (χ3n) is 2.88. The van der Waals surface area contributed by atoms with E-state index >= 15 is 0 Å². The molecule has 2 aromatic rings. The normalized spacial score (nSPS) is 16.0. The van der Waals surface area contributed by atoms with Crippen molar-refractivity contribution in [2.45, 2.75) is 6.42 Å². The van der Waals surface area contributed by atoms with Crippen LogP contribution in [-0.2, 0) is 4.79 Å². The fourth-order valence-corrected chi connectivity index (χ4v) is 2.06. The number of hydrogen-bond acceptors (Lipinski definition) is 4. The number of ketones is 1. The maximum absolute atomic E-state index is 11.3. The number of rotatable bonds is 1. The average Bonchev–Trinajstić information content (AvgIpc) is 2.75. The summed E-state index contributed by atoms with van der Waals surface area (Å²) in [5.41, 5.74) is 0. The van der Waals surface area contributed by atoms with Crippen molar-refractivity contribution in [1.29, 1.82) is 0 Å². The Labute approximate surface area is 92.9 Å². The number of anilines is 1. The van der Waals surface area contributed by atoms with E-state index in [9.17, 15) is 4.79 Å². The Kier molecular flexibility index (Phi) is 2.06. The van der Waals surface area contributed by atoms with Crippen LogP contribution in [-0.4, -0.2) is 29.1 Å². The van der Waals surface area contributed by atoms with Gasteiger partial charge >= 0.3 is 0 Å². The molecule has 1 aromatic heterocycles. The van der Waals surface area contributed by atoms with Gasteiger partial charge in [0.05, 0.1) is 12.7 Å². The van der Waals surface area contributed by atoms with E-state index in [0.717, 1.165) is 23.1 Å². The van der Waals surface area contributed by atoms with E-state index in [-0.39, 0.29) is 5.78 Å². The van der Waals surface area contributed by atoms with Crippen LogP contribution < -0.4 is 4.90 Å². The van der Waals surface area contributed by atoms with Gasteiger partial charge in [0, 0.05) is 23.7 Å². The minimum atomic E-state index is 0.273. The number of aromatic nitrogens is 2. The third-order valence-corrected chi connectivity index (χ3v) is 2.88. The summed E-state index contributed by atoms with van der Waals surface area (Å²) >= 11 is 0. The molecule has 1 fully saturated rings. The van der Waals surface area contributed by atoms with Crippen LogP contribution in [0.2, 0.25) is 0 Å². The van der Waals surface area contributed by atoms with Gasteiger partial charge in [0.1, 0.15) is 0 Å². The van der Waals surface area contributed by atoms with Crippen molar-refractivity contribution in [2.24, 2.45) is 0 Å². The molecule has 4 heteroatoms. The van der Waals surface area contributed by atoms with Crippen molar-refractivity contribution in [3.63, 3.8) is 0 Å². The Bertz CT molecular complexity index is 547. The third kappa shape index (κ3) is 1.43. The van der Waals surface area contributed by atoms with Crippen molar-refractivity contribution in [2.75, 3.05) is 18.0 Å². The number of Topliss-reactive ketones (excluding diaryl/α,β-unsaturated/α-hetero) is 1. The number of benzene rings is 1. The second kappa shape index (κ2) is 3.56. The van der Waals surface area contributed by atoms with Crippen molar-refractivity contribution in [3.05, 3.63) is 30.5 Å². The monoisotopic (exact) mass is 213 g/mol. The molecular formula is C12H11N3O. The lowest BCUT2D eigenvalue weighted by molar-refractivity contribution is -0.116. The van der Waals surface area contributed by atoms with Gasteiger partial charge in [-0.3, -0.25) is 4.79 Å². The molecule has 0 unspecified atom stereocenters. The molecule has 1 aliphatic heterocycles. The van der Waals surface area contributed by atoms with Crippen molar-refractivity contribution >= 4 is 22.4 Å². The Morgan fingerprint density at radius 2 is 2.12 bits per heavy atom. The van der Waals surface area contributed by atoms with Gasteiger partial charge in [-0.05, 0) is 0 Å². The predicted molar refractivity (Wildman–Crippen MR) is 61.4 cm³/mol. The number of carbonyl (C=O) groups excluding carboxylic acids is 1. The summed E-state index contributed by atoms with van der Waals surface area (Å²) in [6.45, 7) is 1.21. The molecule has 1 saturated heterocycles. The van der Waals surface area contributed by atoms with Gasteiger partial charge in [-0.1, -0.05) is 24.3 Å². The van der Waals surface area contributed by atoms with Crippen molar-refractivity contribution < 1.29 is 4.79 Å². The Morgan fingerprint density at radius 1 is 1.25 bits per heavy atom. The first-order valence-corrected chi connectivity index (χ1v) is 5.32. The van der Waals surface area contributed by atoms with Gasteiger partial charge in [-0.25, -0.2) is 0 Å². The largest absolute Gasteiger partial charge is 0.347 e. The second-order valence-corrected chi connectivity index (χ2v) is 3.97. The highest BCUT2D eigenvalue weighted by Crippen LogP contribution is 2.24. The summed E-state index contributed by atoms with van der Waals surface area (Å²) in [4.78, 5) is 13.3. The van der Waals surface area contributed by atoms with Crippen molar-refractivity contribution in [3.8, 4) is 0 Å². The molecule has 4 nitrogen and oxygen atoms in total. The summed E-state index contributed by atoms with van der Waals surface area (Å²) < 4.78 is 0. The molecule has 0 saturated carbocycles. The van der Waals surface area contributed by atoms with Crippen LogP contribution in [0.3, 0.4) is 0 Å². The van der Waals surface area contributed by atoms with E-state index in [1.807, 2.05) is 29.2 Å². The minimum absolute atomic E-state index is 0.273. The Balaban J connectivity index is 2.13. The standard InChI is InChI=1S/C12H11N3O/c16-10-5-6-15(8-10)12-11-4-2-1-3-9(11)7-13-14-12/h1-4,7H,5-6,8H2. The zero-order chi connectivity index (χ0) is 11.0. The average molecular weight is 213 g/mol. The fourth-order valence-electron chi connectivity index (χ4n) is 2.06. The fraction of sp³-hybridized carbons (Fsp3) is 0.250. The first-order valence-electron chi connectivity index (χ1n) is 5.32. The Hall–Kier alpha value is -1.97. The molecule has 0 aliphatic carbocycles. The SMILES string of the molecule is O=C1CCN(c2nncc3ccccc23)C1. The smallest absolute Gasteiger partial charge is 0.159 e. The molecule has 1 aliphatic rings. The predicted octanol–water partition coefficient (Wildman–Crippen LogP) is 1.41. The maximum atomic E-state index is 11.3. The molecular weight excluding hydrogens is 202 g/mol. The number of carbonyl (C=O) groups is 1. The van der Waals surface area contributed by atoms with Crippen LogP contribution in [0.5, 0.6) is 0 Å². The minimum Gasteiger partial charge on any atom is -0.347 e. The molecule has 3 rings (SSSR count). The van der Waals surface area contributed by atoms with Gasteiger partial charge in [0.25, 0.3) is 0 Å². The number of nitrogens with zero attached hydrogens (tertiary/aromatic N) is 3. The first kappa shape index (κ1) is 9.27. The van der Waals surface area contributed by atoms with Crippen LogP contribution in [0.4, 0.5) is 5.82 Å². The van der Waals surface area contributed by atoms with Crippen LogP contribution >= 0.6 is 0 Å². The first-order chi connectivity index (χ1) is 7.84. The zero-order valence-electron chi connectivity index (χ0n) is 8.76. The van der Waals surface area contributed by atoms with E-state index in [1.54, 1.807) is 6.20 Å². The van der Waals surface area contributed by atoms with E-state index in [1.165, 1.54) is 0 Å². The number of hydrogen-bond donors (Lipinski definition) is 0. The molecule has 0 spiro atoms. The summed E-state index contributed by atoms with van der Waals surface area (Å²) in [5.74, 6) is 1.10. The van der Waals surface area contributed by atoms with E-state index < -0.39 is 0 Å². The lowest BCUT2D eigenvalue weighted by Crippen LogP contribution is -2.21. The van der Waals surface area contributed by atoms with Crippen molar-refractivity contribution in [1.82, 2.24) is 10.2 Å². The van der Waals surface area contributed by atoms with E-state index in [4.69, 9.17) is 0 Å². The van der Waals surface area contributed by atoms with Gasteiger partial charge in [-0.15, -0.1) is 5.10 Å². The molecule has 80 valence electrons.